The van der Waals surface area contributed by atoms with Crippen LogP contribution in [0.1, 0.15) is 28.8 Å². The van der Waals surface area contributed by atoms with E-state index in [0.717, 1.165) is 20.6 Å². The summed E-state index contributed by atoms with van der Waals surface area (Å²) in [5.41, 5.74) is 0.471. The van der Waals surface area contributed by atoms with Crippen LogP contribution in [0.4, 0.5) is 5.69 Å². The number of alkyl halides is 2. The molecule has 8 nitrogen and oxygen atoms in total. The van der Waals surface area contributed by atoms with Gasteiger partial charge in [0.05, 0.1) is 23.3 Å². The Hall–Kier alpha value is -2.11. The average Bonchev–Trinajstić information content (AvgIpc) is 3.02. The van der Waals surface area contributed by atoms with Crippen LogP contribution in [0, 0.1) is 22.0 Å². The van der Waals surface area contributed by atoms with E-state index >= 15 is 0 Å². The molecule has 2 aromatic carbocycles. The summed E-state index contributed by atoms with van der Waals surface area (Å²) in [6.45, 7) is -0.0405. The Morgan fingerprint density at radius 2 is 1.61 bits per heavy atom. The molecule has 1 aliphatic carbocycles. The van der Waals surface area contributed by atoms with Crippen LogP contribution in [0.5, 0.6) is 0 Å². The fourth-order valence-corrected chi connectivity index (χ4v) is 5.71. The van der Waals surface area contributed by atoms with Crippen LogP contribution in [0.15, 0.2) is 53.0 Å². The minimum absolute atomic E-state index is 0.0218. The van der Waals surface area contributed by atoms with Gasteiger partial charge in [0.1, 0.15) is 0 Å². The van der Waals surface area contributed by atoms with E-state index in [1.54, 1.807) is 24.3 Å². The predicted octanol–water partition coefficient (Wildman–Crippen LogP) is 4.84. The summed E-state index contributed by atoms with van der Waals surface area (Å²) in [5.74, 6) is -2.57. The van der Waals surface area contributed by atoms with E-state index in [0.29, 0.717) is 18.4 Å². The lowest BCUT2D eigenvalue weighted by Crippen LogP contribution is -2.49. The average molecular weight is 644 g/mol. The molecule has 1 saturated heterocycles. The number of fused-ring (bicyclic) bond motifs is 1. The maximum absolute atomic E-state index is 13.5. The highest BCUT2D eigenvalue weighted by Gasteiger charge is 2.54. The zero-order valence-electron chi connectivity index (χ0n) is 17.1. The van der Waals surface area contributed by atoms with Gasteiger partial charge in [-0.25, -0.2) is 5.01 Å². The molecule has 0 bridgehead atoms. The number of nitro benzene ring substituents is 1. The molecule has 2 aromatic rings. The van der Waals surface area contributed by atoms with Gasteiger partial charge < -0.3 is 0 Å². The van der Waals surface area contributed by atoms with Crippen molar-refractivity contribution in [3.63, 3.8) is 0 Å². The first-order chi connectivity index (χ1) is 15.7. The Morgan fingerprint density at radius 3 is 2.15 bits per heavy atom. The fraction of sp³-hybridized carbons (Fsp3) is 0.318. The van der Waals surface area contributed by atoms with Crippen molar-refractivity contribution in [2.24, 2.45) is 11.8 Å². The summed E-state index contributed by atoms with van der Waals surface area (Å²) in [6.07, 6.45) is 0.942. The van der Waals surface area contributed by atoms with E-state index in [1.807, 2.05) is 0 Å². The number of hydrazine groups is 1. The molecule has 33 heavy (non-hydrogen) atoms. The minimum Gasteiger partial charge on any atom is -0.272 e. The Kier molecular flexibility index (Phi) is 7.01. The molecule has 1 heterocycles. The number of halogens is 3. The number of carbonyl (C=O) groups excluding carboxylic acids is 3. The van der Waals surface area contributed by atoms with Gasteiger partial charge in [-0.05, 0) is 36.6 Å². The Labute approximate surface area is 214 Å². The number of imide groups is 1. The Morgan fingerprint density at radius 1 is 1.03 bits per heavy atom. The van der Waals surface area contributed by atoms with E-state index in [2.05, 4.69) is 47.8 Å². The van der Waals surface area contributed by atoms with E-state index < -0.39 is 34.5 Å². The van der Waals surface area contributed by atoms with E-state index in [1.165, 1.54) is 18.2 Å². The molecule has 0 N–H and O–H groups in total. The van der Waals surface area contributed by atoms with Crippen molar-refractivity contribution in [2.75, 3.05) is 0 Å². The van der Waals surface area contributed by atoms with Crippen LogP contribution in [0.3, 0.4) is 0 Å². The van der Waals surface area contributed by atoms with Gasteiger partial charge in [-0.15, -0.1) is 0 Å². The van der Waals surface area contributed by atoms with Crippen LogP contribution in [-0.4, -0.2) is 42.3 Å². The second-order valence-corrected chi connectivity index (χ2v) is 11.3. The number of non-ortho nitro benzene ring substituents is 1. The van der Waals surface area contributed by atoms with Gasteiger partial charge in [0, 0.05) is 31.8 Å². The molecule has 1 saturated carbocycles. The molecule has 1 aliphatic heterocycles. The second-order valence-electron chi connectivity index (χ2n) is 8.00. The van der Waals surface area contributed by atoms with Gasteiger partial charge in [0.15, 0.2) is 0 Å². The highest BCUT2D eigenvalue weighted by molar-refractivity contribution is 9.12. The zero-order chi connectivity index (χ0) is 23.9. The predicted molar refractivity (Wildman–Crippen MR) is 131 cm³/mol. The van der Waals surface area contributed by atoms with Gasteiger partial charge in [0.2, 0.25) is 0 Å². The van der Waals surface area contributed by atoms with Gasteiger partial charge in [0.25, 0.3) is 23.4 Å². The first-order valence-electron chi connectivity index (χ1n) is 10.1. The lowest BCUT2D eigenvalue weighted by atomic mass is 9.81. The van der Waals surface area contributed by atoms with Crippen molar-refractivity contribution >= 4 is 71.2 Å². The number of hydrogen-bond donors (Lipinski definition) is 0. The normalized spacial score (nSPS) is 24.5. The van der Waals surface area contributed by atoms with Crippen LogP contribution in [0.2, 0.25) is 0 Å². The van der Waals surface area contributed by atoms with Gasteiger partial charge in [-0.3, -0.25) is 24.5 Å². The molecular weight excluding hydrogens is 626 g/mol. The van der Waals surface area contributed by atoms with Crippen molar-refractivity contribution in [1.82, 2.24) is 10.0 Å². The third kappa shape index (κ3) is 4.76. The van der Waals surface area contributed by atoms with Crippen LogP contribution >= 0.6 is 47.8 Å². The number of nitrogens with zero attached hydrogens (tertiary/aromatic N) is 3. The van der Waals surface area contributed by atoms with Gasteiger partial charge in [-0.2, -0.15) is 5.01 Å². The van der Waals surface area contributed by atoms with E-state index in [-0.39, 0.29) is 27.4 Å². The first-order valence-corrected chi connectivity index (χ1v) is 12.8. The highest BCUT2D eigenvalue weighted by atomic mass is 79.9. The molecule has 3 amide bonds. The van der Waals surface area contributed by atoms with Crippen molar-refractivity contribution < 1.29 is 19.3 Å². The quantitative estimate of drug-likeness (QED) is 0.201. The third-order valence-corrected chi connectivity index (χ3v) is 9.18. The number of carbonyl (C=O) groups is 3. The SMILES string of the molecule is O=C(c1cccc([N+](=O)[O-])c1)N(Cc1ccc(Br)cc1)N1C(=O)[C@@H]2C[C@H](Br)[C@@H](Br)C[C@H]2C1=O. The maximum atomic E-state index is 13.5. The molecule has 0 aromatic heterocycles. The van der Waals surface area contributed by atoms with Crippen LogP contribution in [0.25, 0.3) is 0 Å². The molecule has 4 rings (SSSR count). The fourth-order valence-electron chi connectivity index (χ4n) is 4.21. The van der Waals surface area contributed by atoms with Crippen molar-refractivity contribution in [3.8, 4) is 0 Å². The summed E-state index contributed by atoms with van der Waals surface area (Å²) in [7, 11) is 0. The summed E-state index contributed by atoms with van der Waals surface area (Å²) in [4.78, 5) is 50.9. The number of rotatable bonds is 5. The monoisotopic (exact) mass is 641 g/mol. The highest BCUT2D eigenvalue weighted by Crippen LogP contribution is 2.44. The topological polar surface area (TPSA) is 101 Å². The van der Waals surface area contributed by atoms with Crippen LogP contribution in [-0.2, 0) is 16.1 Å². The number of benzene rings is 2. The molecule has 0 unspecified atom stereocenters. The van der Waals surface area contributed by atoms with Crippen molar-refractivity contribution in [2.45, 2.75) is 29.0 Å². The molecule has 0 radical (unpaired) electrons. The van der Waals surface area contributed by atoms with Crippen LogP contribution < -0.4 is 0 Å². The lowest BCUT2D eigenvalue weighted by molar-refractivity contribution is -0.384. The first kappa shape index (κ1) is 24.0. The largest absolute Gasteiger partial charge is 0.273 e. The third-order valence-electron chi connectivity index (χ3n) is 5.91. The zero-order valence-corrected chi connectivity index (χ0v) is 21.8. The molecule has 0 spiro atoms. The van der Waals surface area contributed by atoms with Crippen molar-refractivity contribution in [1.29, 1.82) is 0 Å². The van der Waals surface area contributed by atoms with E-state index in [9.17, 15) is 24.5 Å². The maximum Gasteiger partial charge on any atom is 0.273 e. The number of hydrogen-bond acceptors (Lipinski definition) is 5. The molecule has 2 fully saturated rings. The number of nitro groups is 1. The molecule has 11 heteroatoms. The molecule has 4 atom stereocenters. The standard InChI is InChI=1S/C22H18Br3N3O5/c23-14-6-4-12(5-7-14)11-26(20(29)13-2-1-3-15(8-13)28(32)33)27-21(30)16-9-18(24)19(25)10-17(16)22(27)31/h1-8,16-19H,9-11H2/t16-,17-,18+,19+/m1/s1. The Balaban J connectivity index is 1.72. The summed E-state index contributed by atoms with van der Waals surface area (Å²) < 4.78 is 0.842. The van der Waals surface area contributed by atoms with Gasteiger partial charge >= 0.3 is 0 Å². The Bertz CT molecular complexity index is 1100. The van der Waals surface area contributed by atoms with Crippen molar-refractivity contribution in [3.05, 3.63) is 74.2 Å². The summed E-state index contributed by atoms with van der Waals surface area (Å²) in [5, 5.41) is 13.3. The summed E-state index contributed by atoms with van der Waals surface area (Å²) in [6, 6.07) is 12.4. The number of amides is 3. The minimum atomic E-state index is -0.659. The smallest absolute Gasteiger partial charge is 0.272 e. The van der Waals surface area contributed by atoms with E-state index in [4.69, 9.17) is 0 Å². The second kappa shape index (κ2) is 9.63. The molecule has 172 valence electrons. The van der Waals surface area contributed by atoms with Gasteiger partial charge in [-0.1, -0.05) is 66.0 Å². The molecular formula is C22H18Br3N3O5. The summed E-state index contributed by atoms with van der Waals surface area (Å²) >= 11 is 10.5. The molecule has 2 aliphatic rings. The lowest BCUT2D eigenvalue weighted by Gasteiger charge is -2.30.